The predicted molar refractivity (Wildman–Crippen MR) is 67.7 cm³/mol. The van der Waals surface area contributed by atoms with E-state index in [4.69, 9.17) is 11.5 Å². The summed E-state index contributed by atoms with van der Waals surface area (Å²) in [5.74, 6) is -0.219. The highest BCUT2D eigenvalue weighted by Gasteiger charge is 2.29. The highest BCUT2D eigenvalue weighted by molar-refractivity contribution is 8.00. The van der Waals surface area contributed by atoms with Crippen LogP contribution in [0.2, 0.25) is 0 Å². The van der Waals surface area contributed by atoms with Gasteiger partial charge in [-0.3, -0.25) is 9.59 Å². The molecule has 0 radical (unpaired) electrons. The second kappa shape index (κ2) is 4.77. The fraction of sp³-hybridized carbons (Fsp3) is 0.273. The molecule has 5 nitrogen and oxygen atoms in total. The maximum atomic E-state index is 11.9. The number of carbonyl (C=O) groups excluding carboxylic acids is 2. The average Bonchev–Trinajstić information content (AvgIpc) is 2.28. The zero-order chi connectivity index (χ0) is 12.4. The lowest BCUT2D eigenvalue weighted by Gasteiger charge is -2.27. The highest BCUT2D eigenvalue weighted by atomic mass is 32.2. The van der Waals surface area contributed by atoms with Gasteiger partial charge in [0, 0.05) is 23.5 Å². The summed E-state index contributed by atoms with van der Waals surface area (Å²) in [5.41, 5.74) is 12.1. The third-order valence-corrected chi connectivity index (χ3v) is 3.48. The van der Waals surface area contributed by atoms with Crippen molar-refractivity contribution in [3.05, 3.63) is 18.2 Å². The summed E-state index contributed by atoms with van der Waals surface area (Å²) in [6, 6.07) is 5.23. The molecule has 4 N–H and O–H groups in total. The quantitative estimate of drug-likeness (QED) is 0.751. The molecule has 1 aromatic rings. The first-order valence-corrected chi connectivity index (χ1v) is 6.20. The Morgan fingerprint density at radius 1 is 1.47 bits per heavy atom. The van der Waals surface area contributed by atoms with E-state index in [2.05, 4.69) is 0 Å². The molecular formula is C11H13N3O2S. The molecule has 6 heteroatoms. The number of nitrogen functional groups attached to an aromatic ring is 1. The normalized spacial score (nSPS) is 14.6. The first kappa shape index (κ1) is 11.9. The van der Waals surface area contributed by atoms with Crippen molar-refractivity contribution in [1.29, 1.82) is 0 Å². The summed E-state index contributed by atoms with van der Waals surface area (Å²) < 4.78 is 0. The fourth-order valence-corrected chi connectivity index (χ4v) is 2.55. The van der Waals surface area contributed by atoms with Gasteiger partial charge in [0.25, 0.3) is 0 Å². The number of nitrogens with two attached hydrogens (primary N) is 2. The van der Waals surface area contributed by atoms with Gasteiger partial charge in [-0.05, 0) is 18.2 Å². The van der Waals surface area contributed by atoms with E-state index in [1.807, 2.05) is 6.07 Å². The standard InChI is InChI=1S/C11H13N3O2S/c12-4-3-10(15)14-8-5-7(13)1-2-9(8)17-6-11(14)16/h1-2,5H,3-4,6,12-13H2. The molecule has 0 fully saturated rings. The fourth-order valence-electron chi connectivity index (χ4n) is 1.68. The number of hydrogen-bond acceptors (Lipinski definition) is 5. The van der Waals surface area contributed by atoms with Crippen LogP contribution in [0.1, 0.15) is 6.42 Å². The van der Waals surface area contributed by atoms with Gasteiger partial charge in [-0.2, -0.15) is 0 Å². The number of carbonyl (C=O) groups is 2. The average molecular weight is 251 g/mol. The van der Waals surface area contributed by atoms with Crippen LogP contribution in [0, 0.1) is 0 Å². The van der Waals surface area contributed by atoms with E-state index in [0.29, 0.717) is 11.4 Å². The topological polar surface area (TPSA) is 89.4 Å². The third kappa shape index (κ3) is 2.27. The maximum absolute atomic E-state index is 11.9. The first-order valence-electron chi connectivity index (χ1n) is 5.21. The minimum absolute atomic E-state index is 0.157. The summed E-state index contributed by atoms with van der Waals surface area (Å²) in [4.78, 5) is 25.7. The molecule has 1 aliphatic heterocycles. The first-order chi connectivity index (χ1) is 8.13. The SMILES string of the molecule is NCCC(=O)N1C(=O)CSc2ccc(N)cc21. The third-order valence-electron chi connectivity index (χ3n) is 2.43. The number of amides is 2. The van der Waals surface area contributed by atoms with E-state index in [9.17, 15) is 9.59 Å². The summed E-state index contributed by atoms with van der Waals surface area (Å²) >= 11 is 1.41. The van der Waals surface area contributed by atoms with Gasteiger partial charge in [0.05, 0.1) is 11.4 Å². The van der Waals surface area contributed by atoms with Crippen LogP contribution in [0.3, 0.4) is 0 Å². The van der Waals surface area contributed by atoms with Crippen LogP contribution in [-0.4, -0.2) is 24.1 Å². The summed E-state index contributed by atoms with van der Waals surface area (Å²) in [5, 5.41) is 0. The van der Waals surface area contributed by atoms with E-state index in [0.717, 1.165) is 4.90 Å². The van der Waals surface area contributed by atoms with Gasteiger partial charge in [-0.15, -0.1) is 11.8 Å². The Morgan fingerprint density at radius 2 is 2.24 bits per heavy atom. The molecule has 1 heterocycles. The number of imide groups is 1. The van der Waals surface area contributed by atoms with Gasteiger partial charge in [-0.25, -0.2) is 4.90 Å². The number of thioether (sulfide) groups is 1. The Kier molecular flexibility index (Phi) is 3.35. The van der Waals surface area contributed by atoms with Gasteiger partial charge in [0.2, 0.25) is 11.8 Å². The molecular weight excluding hydrogens is 238 g/mol. The Balaban J connectivity index is 2.42. The van der Waals surface area contributed by atoms with Gasteiger partial charge < -0.3 is 11.5 Å². The predicted octanol–water partition coefficient (Wildman–Crippen LogP) is 0.583. The van der Waals surface area contributed by atoms with Crippen molar-refractivity contribution in [3.63, 3.8) is 0 Å². The number of nitrogens with zero attached hydrogens (tertiary/aromatic N) is 1. The van der Waals surface area contributed by atoms with Gasteiger partial charge in [0.1, 0.15) is 0 Å². The molecule has 0 saturated heterocycles. The van der Waals surface area contributed by atoms with Crippen molar-refractivity contribution in [2.24, 2.45) is 5.73 Å². The summed E-state index contributed by atoms with van der Waals surface area (Å²) in [7, 11) is 0. The minimum Gasteiger partial charge on any atom is -0.399 e. The van der Waals surface area contributed by atoms with Crippen LogP contribution in [-0.2, 0) is 9.59 Å². The summed E-state index contributed by atoms with van der Waals surface area (Å²) in [6.07, 6.45) is 0.157. The lowest BCUT2D eigenvalue weighted by Crippen LogP contribution is -2.41. The molecule has 0 aliphatic carbocycles. The molecule has 17 heavy (non-hydrogen) atoms. The van der Waals surface area contributed by atoms with Crippen LogP contribution < -0.4 is 16.4 Å². The zero-order valence-corrected chi connectivity index (χ0v) is 10.00. The summed E-state index contributed by atoms with van der Waals surface area (Å²) in [6.45, 7) is 0.230. The highest BCUT2D eigenvalue weighted by Crippen LogP contribution is 2.36. The second-order valence-corrected chi connectivity index (χ2v) is 4.69. The largest absolute Gasteiger partial charge is 0.399 e. The molecule has 90 valence electrons. The zero-order valence-electron chi connectivity index (χ0n) is 9.18. The Hall–Kier alpha value is -1.53. The molecule has 0 aromatic heterocycles. The van der Waals surface area contributed by atoms with E-state index < -0.39 is 0 Å². The van der Waals surface area contributed by atoms with Crippen molar-refractivity contribution in [3.8, 4) is 0 Å². The van der Waals surface area contributed by atoms with Gasteiger partial charge in [0.15, 0.2) is 0 Å². The number of rotatable bonds is 2. The van der Waals surface area contributed by atoms with Crippen molar-refractivity contribution in [2.75, 3.05) is 22.9 Å². The van der Waals surface area contributed by atoms with Gasteiger partial charge in [-0.1, -0.05) is 0 Å². The monoisotopic (exact) mass is 251 g/mol. The molecule has 1 aliphatic rings. The Labute approximate surface area is 103 Å². The molecule has 0 saturated carbocycles. The van der Waals surface area contributed by atoms with E-state index >= 15 is 0 Å². The molecule has 0 unspecified atom stereocenters. The van der Waals surface area contributed by atoms with Gasteiger partial charge >= 0.3 is 0 Å². The van der Waals surface area contributed by atoms with E-state index in [1.165, 1.54) is 16.7 Å². The van der Waals surface area contributed by atoms with E-state index in [-0.39, 0.29) is 30.5 Å². The van der Waals surface area contributed by atoms with Crippen molar-refractivity contribution in [1.82, 2.24) is 0 Å². The Bertz CT molecular complexity index is 476. The van der Waals surface area contributed by atoms with Crippen LogP contribution in [0.5, 0.6) is 0 Å². The number of anilines is 2. The number of benzene rings is 1. The molecule has 2 amide bonds. The van der Waals surface area contributed by atoms with Crippen LogP contribution in [0.4, 0.5) is 11.4 Å². The molecule has 0 bridgehead atoms. The molecule has 0 spiro atoms. The minimum atomic E-state index is -0.273. The van der Waals surface area contributed by atoms with Crippen LogP contribution >= 0.6 is 11.8 Å². The second-order valence-electron chi connectivity index (χ2n) is 3.68. The van der Waals surface area contributed by atoms with Crippen LogP contribution in [0.25, 0.3) is 0 Å². The number of hydrogen-bond donors (Lipinski definition) is 2. The molecule has 0 atom stereocenters. The van der Waals surface area contributed by atoms with E-state index in [1.54, 1.807) is 12.1 Å². The van der Waals surface area contributed by atoms with Crippen molar-refractivity contribution >= 4 is 35.0 Å². The van der Waals surface area contributed by atoms with Crippen molar-refractivity contribution in [2.45, 2.75) is 11.3 Å². The van der Waals surface area contributed by atoms with Crippen LogP contribution in [0.15, 0.2) is 23.1 Å². The van der Waals surface area contributed by atoms with Crippen molar-refractivity contribution < 1.29 is 9.59 Å². The number of fused-ring (bicyclic) bond motifs is 1. The smallest absolute Gasteiger partial charge is 0.244 e. The molecule has 2 rings (SSSR count). The Morgan fingerprint density at radius 3 is 2.94 bits per heavy atom. The lowest BCUT2D eigenvalue weighted by molar-refractivity contribution is -0.125. The molecule has 1 aromatic carbocycles. The maximum Gasteiger partial charge on any atom is 0.244 e. The lowest BCUT2D eigenvalue weighted by atomic mass is 10.2.